The molecule has 1 aliphatic rings. The molecule has 0 bridgehead atoms. The molecule has 3 rings (SSSR count). The maximum Gasteiger partial charge on any atom is 0.261 e. The predicted octanol–water partition coefficient (Wildman–Crippen LogP) is 4.86. The quantitative estimate of drug-likeness (QED) is 0.643. The van der Waals surface area contributed by atoms with E-state index in [4.69, 9.17) is 4.74 Å². The molecule has 2 aromatic carbocycles. The highest BCUT2D eigenvalue weighted by atomic mass is 16.5. The molecule has 32 heavy (non-hydrogen) atoms. The van der Waals surface area contributed by atoms with Crippen LogP contribution in [0, 0.1) is 20.8 Å². The minimum atomic E-state index is -0.576. The lowest BCUT2D eigenvalue weighted by atomic mass is 9.95. The van der Waals surface area contributed by atoms with E-state index in [1.165, 1.54) is 6.42 Å². The molecule has 0 aliphatic heterocycles. The highest BCUT2D eigenvalue weighted by molar-refractivity contribution is 5.88. The SMILES string of the molecule is Cc1cccc(CN(C(=O)COc2ccc(C)cc2C)C(C)C(=O)NC2CCCCC2)c1. The standard InChI is InChI=1S/C27H36N2O3/c1-19-9-8-10-23(16-19)17-29(22(4)27(31)28-24-11-6-5-7-12-24)26(30)18-32-25-14-13-20(2)15-21(25)3/h8-10,13-16,22,24H,5-7,11-12,17-18H2,1-4H3,(H,28,31). The van der Waals surface area contributed by atoms with Gasteiger partial charge in [0.05, 0.1) is 0 Å². The topological polar surface area (TPSA) is 58.6 Å². The Hall–Kier alpha value is -2.82. The van der Waals surface area contributed by atoms with E-state index in [2.05, 4.69) is 11.4 Å². The van der Waals surface area contributed by atoms with Gasteiger partial charge in [-0.15, -0.1) is 0 Å². The average Bonchev–Trinajstić information content (AvgIpc) is 2.77. The van der Waals surface area contributed by atoms with Crippen molar-refractivity contribution in [1.29, 1.82) is 0 Å². The number of amides is 2. The van der Waals surface area contributed by atoms with E-state index < -0.39 is 6.04 Å². The first-order valence-electron chi connectivity index (χ1n) is 11.7. The summed E-state index contributed by atoms with van der Waals surface area (Å²) in [5.74, 6) is 0.404. The van der Waals surface area contributed by atoms with Crippen LogP contribution in [0.15, 0.2) is 42.5 Å². The van der Waals surface area contributed by atoms with E-state index in [0.717, 1.165) is 47.9 Å². The molecule has 2 amide bonds. The van der Waals surface area contributed by atoms with Gasteiger partial charge in [0.15, 0.2) is 6.61 Å². The van der Waals surface area contributed by atoms with Crippen LogP contribution in [0.1, 0.15) is 61.3 Å². The van der Waals surface area contributed by atoms with Gasteiger partial charge in [-0.25, -0.2) is 0 Å². The summed E-state index contributed by atoms with van der Waals surface area (Å²) in [6.07, 6.45) is 5.56. The minimum absolute atomic E-state index is 0.0931. The van der Waals surface area contributed by atoms with Crippen molar-refractivity contribution in [2.75, 3.05) is 6.61 Å². The molecule has 1 aliphatic carbocycles. The second-order valence-electron chi connectivity index (χ2n) is 9.09. The lowest BCUT2D eigenvalue weighted by molar-refractivity contribution is -0.142. The Labute approximate surface area is 192 Å². The summed E-state index contributed by atoms with van der Waals surface area (Å²) in [6, 6.07) is 13.6. The smallest absolute Gasteiger partial charge is 0.261 e. The fourth-order valence-electron chi connectivity index (χ4n) is 4.34. The molecule has 0 heterocycles. The van der Waals surface area contributed by atoms with Crippen molar-refractivity contribution >= 4 is 11.8 Å². The van der Waals surface area contributed by atoms with E-state index in [-0.39, 0.29) is 24.5 Å². The largest absolute Gasteiger partial charge is 0.483 e. The zero-order valence-corrected chi connectivity index (χ0v) is 19.8. The second kappa shape index (κ2) is 11.2. The van der Waals surface area contributed by atoms with Crippen LogP contribution in [0.3, 0.4) is 0 Å². The molecule has 0 aromatic heterocycles. The monoisotopic (exact) mass is 436 g/mol. The highest BCUT2D eigenvalue weighted by Crippen LogP contribution is 2.20. The number of carbonyl (C=O) groups excluding carboxylic acids is 2. The van der Waals surface area contributed by atoms with Crippen LogP contribution in [0.25, 0.3) is 0 Å². The van der Waals surface area contributed by atoms with E-state index in [9.17, 15) is 9.59 Å². The van der Waals surface area contributed by atoms with Gasteiger partial charge in [0.25, 0.3) is 5.91 Å². The molecular formula is C27H36N2O3. The molecule has 0 radical (unpaired) electrons. The van der Waals surface area contributed by atoms with Crippen molar-refractivity contribution in [2.45, 2.75) is 78.4 Å². The first kappa shape index (κ1) is 23.8. The van der Waals surface area contributed by atoms with Crippen molar-refractivity contribution in [3.05, 3.63) is 64.7 Å². The summed E-state index contributed by atoms with van der Waals surface area (Å²) in [6.45, 7) is 8.10. The molecule has 1 unspecified atom stereocenters. The van der Waals surface area contributed by atoms with Gasteiger partial charge in [-0.1, -0.05) is 66.8 Å². The average molecular weight is 437 g/mol. The summed E-state index contributed by atoms with van der Waals surface area (Å²) in [4.78, 5) is 27.9. The van der Waals surface area contributed by atoms with Crippen LogP contribution in [-0.2, 0) is 16.1 Å². The molecule has 5 heteroatoms. The summed E-state index contributed by atoms with van der Waals surface area (Å²) < 4.78 is 5.85. The molecule has 0 saturated heterocycles. The molecule has 1 saturated carbocycles. The van der Waals surface area contributed by atoms with E-state index in [1.807, 2.05) is 64.1 Å². The number of carbonyl (C=O) groups is 2. The molecule has 0 spiro atoms. The first-order valence-corrected chi connectivity index (χ1v) is 11.7. The Bertz CT molecular complexity index is 934. The van der Waals surface area contributed by atoms with Crippen LogP contribution < -0.4 is 10.1 Å². The summed E-state index contributed by atoms with van der Waals surface area (Å²) in [5.41, 5.74) is 4.27. The normalized spacial score (nSPS) is 15.1. The van der Waals surface area contributed by atoms with Gasteiger partial charge < -0.3 is 15.0 Å². The Morgan fingerprint density at radius 2 is 1.75 bits per heavy atom. The van der Waals surface area contributed by atoms with E-state index in [0.29, 0.717) is 12.3 Å². The Kier molecular flexibility index (Phi) is 8.32. The Balaban J connectivity index is 1.72. The molecular weight excluding hydrogens is 400 g/mol. The zero-order chi connectivity index (χ0) is 23.1. The maximum atomic E-state index is 13.2. The number of aryl methyl sites for hydroxylation is 3. The second-order valence-corrected chi connectivity index (χ2v) is 9.09. The lowest BCUT2D eigenvalue weighted by Gasteiger charge is -2.31. The molecule has 1 N–H and O–H groups in total. The van der Waals surface area contributed by atoms with Gasteiger partial charge in [-0.3, -0.25) is 9.59 Å². The number of nitrogens with one attached hydrogen (secondary N) is 1. The van der Waals surface area contributed by atoms with Crippen molar-refractivity contribution in [1.82, 2.24) is 10.2 Å². The van der Waals surface area contributed by atoms with Crippen LogP contribution in [0.4, 0.5) is 0 Å². The number of hydrogen-bond acceptors (Lipinski definition) is 3. The van der Waals surface area contributed by atoms with E-state index >= 15 is 0 Å². The van der Waals surface area contributed by atoms with Crippen LogP contribution in [-0.4, -0.2) is 35.4 Å². The maximum absolute atomic E-state index is 13.2. The lowest BCUT2D eigenvalue weighted by Crippen LogP contribution is -2.51. The summed E-state index contributed by atoms with van der Waals surface area (Å²) in [5, 5.41) is 3.17. The van der Waals surface area contributed by atoms with Gasteiger partial charge in [-0.05, 0) is 57.7 Å². The van der Waals surface area contributed by atoms with Gasteiger partial charge in [0, 0.05) is 12.6 Å². The number of nitrogens with zero attached hydrogens (tertiary/aromatic N) is 1. The third-order valence-electron chi connectivity index (χ3n) is 6.24. The Morgan fingerprint density at radius 3 is 2.44 bits per heavy atom. The third-order valence-corrected chi connectivity index (χ3v) is 6.24. The van der Waals surface area contributed by atoms with Gasteiger partial charge in [0.2, 0.25) is 5.91 Å². The van der Waals surface area contributed by atoms with Gasteiger partial charge in [-0.2, -0.15) is 0 Å². The highest BCUT2D eigenvalue weighted by Gasteiger charge is 2.28. The predicted molar refractivity (Wildman–Crippen MR) is 128 cm³/mol. The number of hydrogen-bond donors (Lipinski definition) is 1. The number of benzene rings is 2. The fourth-order valence-corrected chi connectivity index (χ4v) is 4.34. The van der Waals surface area contributed by atoms with Crippen molar-refractivity contribution in [3.63, 3.8) is 0 Å². The van der Waals surface area contributed by atoms with Crippen LogP contribution >= 0.6 is 0 Å². The molecule has 5 nitrogen and oxygen atoms in total. The third kappa shape index (κ3) is 6.59. The fraction of sp³-hybridized carbons (Fsp3) is 0.481. The van der Waals surface area contributed by atoms with Gasteiger partial charge in [0.1, 0.15) is 11.8 Å². The van der Waals surface area contributed by atoms with Crippen molar-refractivity contribution in [2.24, 2.45) is 0 Å². The minimum Gasteiger partial charge on any atom is -0.483 e. The van der Waals surface area contributed by atoms with Crippen LogP contribution in [0.2, 0.25) is 0 Å². The molecule has 1 fully saturated rings. The Morgan fingerprint density at radius 1 is 1.03 bits per heavy atom. The van der Waals surface area contributed by atoms with Crippen molar-refractivity contribution < 1.29 is 14.3 Å². The number of ether oxygens (including phenoxy) is 1. The molecule has 2 aromatic rings. The van der Waals surface area contributed by atoms with Crippen molar-refractivity contribution in [3.8, 4) is 5.75 Å². The van der Waals surface area contributed by atoms with E-state index in [1.54, 1.807) is 4.90 Å². The van der Waals surface area contributed by atoms with Gasteiger partial charge >= 0.3 is 0 Å². The summed E-state index contributed by atoms with van der Waals surface area (Å²) >= 11 is 0. The molecule has 172 valence electrons. The molecule has 1 atom stereocenters. The number of rotatable bonds is 8. The van der Waals surface area contributed by atoms with Crippen LogP contribution in [0.5, 0.6) is 5.75 Å². The summed E-state index contributed by atoms with van der Waals surface area (Å²) in [7, 11) is 0. The first-order chi connectivity index (χ1) is 15.3. The zero-order valence-electron chi connectivity index (χ0n) is 19.8.